The molecule has 0 spiro atoms. The minimum Gasteiger partial charge on any atom is -0.481 e. The van der Waals surface area contributed by atoms with Gasteiger partial charge in [-0.2, -0.15) is 0 Å². The molecule has 0 amide bonds. The Hall–Kier alpha value is -2.43. The van der Waals surface area contributed by atoms with Crippen LogP contribution in [0.2, 0.25) is 0 Å². The van der Waals surface area contributed by atoms with Crippen molar-refractivity contribution < 1.29 is 9.90 Å². The van der Waals surface area contributed by atoms with Crippen LogP contribution >= 0.6 is 0 Å². The van der Waals surface area contributed by atoms with Crippen molar-refractivity contribution in [3.8, 4) is 11.4 Å². The largest absolute Gasteiger partial charge is 0.481 e. The van der Waals surface area contributed by atoms with Crippen molar-refractivity contribution in [2.75, 3.05) is 18.0 Å². The zero-order valence-corrected chi connectivity index (χ0v) is 12.4. The molecule has 2 heterocycles. The maximum absolute atomic E-state index is 11.0. The Balaban J connectivity index is 1.99. The fourth-order valence-corrected chi connectivity index (χ4v) is 2.73. The molecule has 1 aliphatic rings. The highest BCUT2D eigenvalue weighted by Crippen LogP contribution is 2.23. The molecular formula is C17H19N3O2. The molecule has 5 heteroatoms. The fraction of sp³-hybridized carbons (Fsp3) is 0.353. The summed E-state index contributed by atoms with van der Waals surface area (Å²) in [6.45, 7) is 1.94. The minimum atomic E-state index is -0.873. The normalized spacial score (nSPS) is 14.8. The standard InChI is InChI=1S/C17H19N3O2/c21-16(22)12-14-11-15(20-9-5-2-6-10-20)19-17(18-14)13-7-3-1-4-8-13/h1,3-4,7-8,11H,2,5-6,9-10,12H2,(H,21,22). The molecule has 1 fully saturated rings. The Kier molecular flexibility index (Phi) is 4.32. The van der Waals surface area contributed by atoms with Gasteiger partial charge in [0.05, 0.1) is 12.1 Å². The molecule has 22 heavy (non-hydrogen) atoms. The number of carbonyl (C=O) groups is 1. The molecule has 2 aromatic rings. The number of piperidine rings is 1. The van der Waals surface area contributed by atoms with Crippen molar-refractivity contribution >= 4 is 11.8 Å². The molecule has 0 radical (unpaired) electrons. The van der Waals surface area contributed by atoms with E-state index in [1.807, 2.05) is 36.4 Å². The summed E-state index contributed by atoms with van der Waals surface area (Å²) in [6.07, 6.45) is 3.47. The molecule has 0 atom stereocenters. The average molecular weight is 297 g/mol. The molecule has 0 unspecified atom stereocenters. The molecule has 0 aliphatic carbocycles. The van der Waals surface area contributed by atoms with Gasteiger partial charge < -0.3 is 10.0 Å². The summed E-state index contributed by atoms with van der Waals surface area (Å²) in [6, 6.07) is 11.5. The third kappa shape index (κ3) is 3.42. The van der Waals surface area contributed by atoms with Gasteiger partial charge in [0.25, 0.3) is 0 Å². The highest BCUT2D eigenvalue weighted by Gasteiger charge is 2.16. The lowest BCUT2D eigenvalue weighted by Crippen LogP contribution is -2.30. The predicted molar refractivity (Wildman–Crippen MR) is 84.9 cm³/mol. The molecule has 3 rings (SSSR count). The van der Waals surface area contributed by atoms with Crippen molar-refractivity contribution in [2.45, 2.75) is 25.7 Å². The maximum Gasteiger partial charge on any atom is 0.309 e. The highest BCUT2D eigenvalue weighted by atomic mass is 16.4. The summed E-state index contributed by atoms with van der Waals surface area (Å²) in [4.78, 5) is 22.3. The predicted octanol–water partition coefficient (Wildman–Crippen LogP) is 2.76. The van der Waals surface area contributed by atoms with Gasteiger partial charge in [0.1, 0.15) is 5.82 Å². The van der Waals surface area contributed by atoms with Crippen molar-refractivity contribution in [3.63, 3.8) is 0 Å². The van der Waals surface area contributed by atoms with Gasteiger partial charge in [-0.25, -0.2) is 9.97 Å². The molecule has 1 saturated heterocycles. The molecule has 0 bridgehead atoms. The topological polar surface area (TPSA) is 66.3 Å². The highest BCUT2D eigenvalue weighted by molar-refractivity contribution is 5.70. The van der Waals surface area contributed by atoms with Gasteiger partial charge in [0.2, 0.25) is 0 Å². The number of nitrogens with zero attached hydrogens (tertiary/aromatic N) is 3. The Labute approximate surface area is 129 Å². The Morgan fingerprint density at radius 3 is 2.50 bits per heavy atom. The van der Waals surface area contributed by atoms with Crippen LogP contribution in [0.5, 0.6) is 0 Å². The van der Waals surface area contributed by atoms with Crippen LogP contribution in [0.3, 0.4) is 0 Å². The van der Waals surface area contributed by atoms with Gasteiger partial charge in [-0.15, -0.1) is 0 Å². The number of hydrogen-bond acceptors (Lipinski definition) is 4. The summed E-state index contributed by atoms with van der Waals surface area (Å²) in [5, 5.41) is 9.06. The van der Waals surface area contributed by atoms with E-state index in [9.17, 15) is 4.79 Å². The molecule has 1 aromatic heterocycles. The van der Waals surface area contributed by atoms with Crippen LogP contribution in [0.4, 0.5) is 5.82 Å². The van der Waals surface area contributed by atoms with Crippen LogP contribution in [0.1, 0.15) is 25.0 Å². The van der Waals surface area contributed by atoms with E-state index in [1.54, 1.807) is 0 Å². The molecule has 1 aromatic carbocycles. The number of carboxylic acid groups (broad SMARTS) is 1. The SMILES string of the molecule is O=C(O)Cc1cc(N2CCCCC2)nc(-c2ccccc2)n1. The summed E-state index contributed by atoms with van der Waals surface area (Å²) in [5.74, 6) is 0.562. The van der Waals surface area contributed by atoms with E-state index in [1.165, 1.54) is 6.42 Å². The fourth-order valence-electron chi connectivity index (χ4n) is 2.73. The summed E-state index contributed by atoms with van der Waals surface area (Å²) >= 11 is 0. The number of anilines is 1. The Bertz CT molecular complexity index is 652. The van der Waals surface area contributed by atoms with Crippen molar-refractivity contribution in [2.24, 2.45) is 0 Å². The van der Waals surface area contributed by atoms with Crippen molar-refractivity contribution in [1.29, 1.82) is 0 Å². The zero-order valence-electron chi connectivity index (χ0n) is 12.4. The van der Waals surface area contributed by atoms with E-state index < -0.39 is 5.97 Å². The second-order valence-electron chi connectivity index (χ2n) is 5.53. The van der Waals surface area contributed by atoms with Crippen LogP contribution in [0.15, 0.2) is 36.4 Å². The smallest absolute Gasteiger partial charge is 0.309 e. The zero-order chi connectivity index (χ0) is 15.4. The van der Waals surface area contributed by atoms with Gasteiger partial charge in [0, 0.05) is 24.7 Å². The number of aromatic nitrogens is 2. The number of rotatable bonds is 4. The molecule has 0 saturated carbocycles. The van der Waals surface area contributed by atoms with Gasteiger partial charge in [0.15, 0.2) is 5.82 Å². The third-order valence-electron chi connectivity index (χ3n) is 3.81. The van der Waals surface area contributed by atoms with E-state index in [0.717, 1.165) is 37.3 Å². The number of aliphatic carboxylic acids is 1. The van der Waals surface area contributed by atoms with Crippen molar-refractivity contribution in [3.05, 3.63) is 42.1 Å². The molecule has 1 N–H and O–H groups in total. The van der Waals surface area contributed by atoms with Crippen molar-refractivity contribution in [1.82, 2.24) is 9.97 Å². The monoisotopic (exact) mass is 297 g/mol. The lowest BCUT2D eigenvalue weighted by Gasteiger charge is -2.28. The first-order chi connectivity index (χ1) is 10.7. The molecular weight excluding hydrogens is 278 g/mol. The summed E-state index contributed by atoms with van der Waals surface area (Å²) in [5.41, 5.74) is 1.47. The summed E-state index contributed by atoms with van der Waals surface area (Å²) in [7, 11) is 0. The quantitative estimate of drug-likeness (QED) is 0.940. The molecule has 1 aliphatic heterocycles. The lowest BCUT2D eigenvalue weighted by molar-refractivity contribution is -0.136. The summed E-state index contributed by atoms with van der Waals surface area (Å²) < 4.78 is 0. The van der Waals surface area contributed by atoms with E-state index >= 15 is 0 Å². The van der Waals surface area contributed by atoms with E-state index in [2.05, 4.69) is 14.9 Å². The van der Waals surface area contributed by atoms with Gasteiger partial charge >= 0.3 is 5.97 Å². The van der Waals surface area contributed by atoms with Gasteiger partial charge in [-0.05, 0) is 19.3 Å². The molecule has 114 valence electrons. The van der Waals surface area contributed by atoms with Crippen LogP contribution in [-0.2, 0) is 11.2 Å². The number of hydrogen-bond donors (Lipinski definition) is 1. The second kappa shape index (κ2) is 6.56. The second-order valence-corrected chi connectivity index (χ2v) is 5.53. The van der Waals surface area contributed by atoms with Crippen LogP contribution in [0, 0.1) is 0 Å². The third-order valence-corrected chi connectivity index (χ3v) is 3.81. The van der Waals surface area contributed by atoms with E-state index in [4.69, 9.17) is 5.11 Å². The average Bonchev–Trinajstić information content (AvgIpc) is 2.55. The first-order valence-electron chi connectivity index (χ1n) is 7.62. The number of benzene rings is 1. The minimum absolute atomic E-state index is 0.0802. The van der Waals surface area contributed by atoms with Crippen LogP contribution < -0.4 is 4.90 Å². The van der Waals surface area contributed by atoms with Crippen LogP contribution in [0.25, 0.3) is 11.4 Å². The van der Waals surface area contributed by atoms with E-state index in [-0.39, 0.29) is 6.42 Å². The first kappa shape index (κ1) is 14.5. The van der Waals surface area contributed by atoms with Crippen LogP contribution in [-0.4, -0.2) is 34.1 Å². The molecule has 5 nitrogen and oxygen atoms in total. The van der Waals surface area contributed by atoms with Gasteiger partial charge in [-0.3, -0.25) is 4.79 Å². The van der Waals surface area contributed by atoms with E-state index in [0.29, 0.717) is 11.5 Å². The lowest BCUT2D eigenvalue weighted by atomic mass is 10.1. The number of carboxylic acids is 1. The van der Waals surface area contributed by atoms with Gasteiger partial charge in [-0.1, -0.05) is 30.3 Å². The Morgan fingerprint density at radius 1 is 1.09 bits per heavy atom. The maximum atomic E-state index is 11.0. The Morgan fingerprint density at radius 2 is 1.82 bits per heavy atom. The first-order valence-corrected chi connectivity index (χ1v) is 7.62.